The number of nitrogens with one attached hydrogen (secondary N) is 1. The highest BCUT2D eigenvalue weighted by atomic mass is 35.5. The lowest BCUT2D eigenvalue weighted by Crippen LogP contribution is -2.23. The van der Waals surface area contributed by atoms with Gasteiger partial charge >= 0.3 is 0 Å². The van der Waals surface area contributed by atoms with E-state index in [0.717, 1.165) is 28.5 Å². The third-order valence-corrected chi connectivity index (χ3v) is 5.12. The number of ether oxygens (including phenoxy) is 1. The van der Waals surface area contributed by atoms with Gasteiger partial charge in [-0.1, -0.05) is 30.9 Å². The molecule has 0 aliphatic heterocycles. The van der Waals surface area contributed by atoms with Gasteiger partial charge in [-0.3, -0.25) is 4.40 Å². The van der Waals surface area contributed by atoms with Gasteiger partial charge in [-0.25, -0.2) is 4.98 Å². The smallest absolute Gasteiger partial charge is 0.139 e. The van der Waals surface area contributed by atoms with E-state index in [1.165, 1.54) is 32.1 Å². The Morgan fingerprint density at radius 2 is 1.84 bits per heavy atom. The van der Waals surface area contributed by atoms with Gasteiger partial charge in [0.15, 0.2) is 0 Å². The Hall–Kier alpha value is -2.20. The van der Waals surface area contributed by atoms with Crippen LogP contribution in [-0.2, 0) is 0 Å². The van der Waals surface area contributed by atoms with Crippen molar-refractivity contribution in [1.82, 2.24) is 9.38 Å². The topological polar surface area (TPSA) is 38.6 Å². The Morgan fingerprint density at radius 3 is 2.56 bits per heavy atom. The van der Waals surface area contributed by atoms with Crippen molar-refractivity contribution in [2.24, 2.45) is 0 Å². The van der Waals surface area contributed by atoms with Gasteiger partial charge in [0.05, 0.1) is 12.1 Å². The van der Waals surface area contributed by atoms with Gasteiger partial charge in [0.2, 0.25) is 0 Å². The van der Waals surface area contributed by atoms with Crippen molar-refractivity contribution in [2.75, 3.05) is 12.4 Å². The number of halogens is 1. The molecule has 0 amide bonds. The molecule has 1 fully saturated rings. The fraction of sp³-hybridized carbons (Fsp3) is 0.350. The first-order valence-electron chi connectivity index (χ1n) is 8.83. The van der Waals surface area contributed by atoms with E-state index >= 15 is 0 Å². The minimum atomic E-state index is 0.490. The van der Waals surface area contributed by atoms with Crippen LogP contribution >= 0.6 is 11.6 Å². The standard InChI is InChI=1S/C20H22ClN3O/c1-25-17-10-7-14(8-11-17)19-20(22-16-5-3-2-4-6-16)24-13-15(21)9-12-18(24)23-19/h7-13,16,22H,2-6H2,1H3. The minimum Gasteiger partial charge on any atom is -0.497 e. The predicted molar refractivity (Wildman–Crippen MR) is 103 cm³/mol. The summed E-state index contributed by atoms with van der Waals surface area (Å²) < 4.78 is 7.34. The molecular weight excluding hydrogens is 334 g/mol. The molecule has 0 atom stereocenters. The molecule has 1 saturated carbocycles. The fourth-order valence-electron chi connectivity index (χ4n) is 3.55. The van der Waals surface area contributed by atoms with Crippen LogP contribution in [0.3, 0.4) is 0 Å². The number of hydrogen-bond acceptors (Lipinski definition) is 3. The summed E-state index contributed by atoms with van der Waals surface area (Å²) >= 11 is 6.24. The number of aromatic nitrogens is 2. The summed E-state index contributed by atoms with van der Waals surface area (Å²) in [6.45, 7) is 0. The molecule has 0 bridgehead atoms. The van der Waals surface area contributed by atoms with Crippen LogP contribution in [0.4, 0.5) is 5.82 Å². The lowest BCUT2D eigenvalue weighted by atomic mass is 9.95. The molecule has 3 aromatic rings. The van der Waals surface area contributed by atoms with Crippen LogP contribution in [0.25, 0.3) is 16.9 Å². The van der Waals surface area contributed by atoms with E-state index in [0.29, 0.717) is 11.1 Å². The Labute approximate surface area is 152 Å². The summed E-state index contributed by atoms with van der Waals surface area (Å²) in [6.07, 6.45) is 8.25. The second-order valence-electron chi connectivity index (χ2n) is 6.59. The maximum absolute atomic E-state index is 6.24. The number of pyridine rings is 1. The van der Waals surface area contributed by atoms with E-state index < -0.39 is 0 Å². The van der Waals surface area contributed by atoms with Gasteiger partial charge < -0.3 is 10.1 Å². The number of nitrogens with zero attached hydrogens (tertiary/aromatic N) is 2. The van der Waals surface area contributed by atoms with E-state index in [1.54, 1.807) is 7.11 Å². The van der Waals surface area contributed by atoms with Crippen molar-refractivity contribution >= 4 is 23.1 Å². The molecule has 4 nitrogen and oxygen atoms in total. The number of fused-ring (bicyclic) bond motifs is 1. The summed E-state index contributed by atoms with van der Waals surface area (Å²) in [4.78, 5) is 4.85. The Morgan fingerprint density at radius 1 is 1.08 bits per heavy atom. The molecule has 1 aliphatic rings. The molecular formula is C20H22ClN3O. The Bertz CT molecular complexity index is 867. The zero-order chi connectivity index (χ0) is 17.2. The second kappa shape index (κ2) is 6.96. The van der Waals surface area contributed by atoms with E-state index in [2.05, 4.69) is 9.72 Å². The molecule has 130 valence electrons. The first-order valence-corrected chi connectivity index (χ1v) is 9.21. The van der Waals surface area contributed by atoms with Gasteiger partial charge in [-0.2, -0.15) is 0 Å². The van der Waals surface area contributed by atoms with E-state index in [1.807, 2.05) is 42.6 Å². The molecule has 1 aliphatic carbocycles. The van der Waals surface area contributed by atoms with Gasteiger partial charge in [-0.15, -0.1) is 0 Å². The highest BCUT2D eigenvalue weighted by Gasteiger charge is 2.19. The molecule has 5 heteroatoms. The normalized spacial score (nSPS) is 15.4. The van der Waals surface area contributed by atoms with Gasteiger partial charge in [-0.05, 0) is 49.2 Å². The molecule has 1 aromatic carbocycles. The quantitative estimate of drug-likeness (QED) is 0.680. The van der Waals surface area contributed by atoms with Gasteiger partial charge in [0.25, 0.3) is 0 Å². The number of imidazole rings is 1. The van der Waals surface area contributed by atoms with Crippen LogP contribution in [0, 0.1) is 0 Å². The summed E-state index contributed by atoms with van der Waals surface area (Å²) in [5.41, 5.74) is 2.92. The number of anilines is 1. The molecule has 0 unspecified atom stereocenters. The van der Waals surface area contributed by atoms with Crippen LogP contribution in [-0.4, -0.2) is 22.5 Å². The Balaban J connectivity index is 1.79. The third kappa shape index (κ3) is 3.31. The molecule has 4 rings (SSSR count). The largest absolute Gasteiger partial charge is 0.497 e. The lowest BCUT2D eigenvalue weighted by molar-refractivity contribution is 0.415. The van der Waals surface area contributed by atoms with Crippen LogP contribution in [0.5, 0.6) is 5.75 Å². The summed E-state index contributed by atoms with van der Waals surface area (Å²) in [5, 5.41) is 4.44. The average molecular weight is 356 g/mol. The minimum absolute atomic E-state index is 0.490. The van der Waals surface area contributed by atoms with Crippen molar-refractivity contribution in [3.63, 3.8) is 0 Å². The highest BCUT2D eigenvalue weighted by molar-refractivity contribution is 6.30. The van der Waals surface area contributed by atoms with Crippen molar-refractivity contribution in [3.8, 4) is 17.0 Å². The van der Waals surface area contributed by atoms with E-state index in [-0.39, 0.29) is 0 Å². The first kappa shape index (κ1) is 16.3. The fourth-order valence-corrected chi connectivity index (χ4v) is 3.71. The van der Waals surface area contributed by atoms with Crippen molar-refractivity contribution < 1.29 is 4.74 Å². The average Bonchev–Trinajstić information content (AvgIpc) is 3.00. The molecule has 2 aromatic heterocycles. The van der Waals surface area contributed by atoms with E-state index in [9.17, 15) is 0 Å². The number of rotatable bonds is 4. The van der Waals surface area contributed by atoms with Gasteiger partial charge in [0, 0.05) is 17.8 Å². The zero-order valence-electron chi connectivity index (χ0n) is 14.3. The molecule has 25 heavy (non-hydrogen) atoms. The molecule has 1 N–H and O–H groups in total. The SMILES string of the molecule is COc1ccc(-c2nc3ccc(Cl)cn3c2NC2CCCCC2)cc1. The van der Waals surface area contributed by atoms with Crippen LogP contribution in [0.1, 0.15) is 32.1 Å². The number of methoxy groups -OCH3 is 1. The summed E-state index contributed by atoms with van der Waals surface area (Å²) in [7, 11) is 1.68. The molecule has 0 spiro atoms. The van der Waals surface area contributed by atoms with Crippen LogP contribution in [0.2, 0.25) is 5.02 Å². The zero-order valence-corrected chi connectivity index (χ0v) is 15.1. The summed E-state index contributed by atoms with van der Waals surface area (Å²) in [6, 6.07) is 12.4. The van der Waals surface area contributed by atoms with Crippen molar-refractivity contribution in [3.05, 3.63) is 47.6 Å². The van der Waals surface area contributed by atoms with E-state index in [4.69, 9.17) is 21.3 Å². The van der Waals surface area contributed by atoms with Crippen LogP contribution in [0.15, 0.2) is 42.6 Å². The molecule has 0 saturated heterocycles. The summed E-state index contributed by atoms with van der Waals surface area (Å²) in [5.74, 6) is 1.87. The number of benzene rings is 1. The van der Waals surface area contributed by atoms with Crippen molar-refractivity contribution in [2.45, 2.75) is 38.1 Å². The van der Waals surface area contributed by atoms with Crippen molar-refractivity contribution in [1.29, 1.82) is 0 Å². The molecule has 0 radical (unpaired) electrons. The highest BCUT2D eigenvalue weighted by Crippen LogP contribution is 2.33. The Kier molecular flexibility index (Phi) is 4.53. The maximum Gasteiger partial charge on any atom is 0.139 e. The maximum atomic E-state index is 6.24. The lowest BCUT2D eigenvalue weighted by Gasteiger charge is -2.24. The first-order chi connectivity index (χ1) is 12.2. The van der Waals surface area contributed by atoms with Crippen LogP contribution < -0.4 is 10.1 Å². The third-order valence-electron chi connectivity index (χ3n) is 4.89. The monoisotopic (exact) mass is 355 g/mol. The second-order valence-corrected chi connectivity index (χ2v) is 7.03. The predicted octanol–water partition coefficient (Wildman–Crippen LogP) is 5.41. The number of hydrogen-bond donors (Lipinski definition) is 1. The molecule has 2 heterocycles. The van der Waals surface area contributed by atoms with Gasteiger partial charge in [0.1, 0.15) is 22.9 Å².